The highest BCUT2D eigenvalue weighted by Gasteiger charge is 2.32. The molecule has 0 radical (unpaired) electrons. The second-order valence-corrected chi connectivity index (χ2v) is 5.60. The molecule has 0 amide bonds. The van der Waals surface area contributed by atoms with Crippen molar-refractivity contribution in [1.29, 1.82) is 0 Å². The molecule has 1 atom stereocenters. The first-order valence-corrected chi connectivity index (χ1v) is 6.84. The summed E-state index contributed by atoms with van der Waals surface area (Å²) < 4.78 is 36.1. The largest absolute Gasteiger partial charge is 0.514 e. The lowest BCUT2D eigenvalue weighted by Gasteiger charge is -2.09. The molecule has 1 aliphatic heterocycles. The fourth-order valence-electron chi connectivity index (χ4n) is 1.51. The Morgan fingerprint density at radius 2 is 2.22 bits per heavy atom. The summed E-state index contributed by atoms with van der Waals surface area (Å²) in [6, 6.07) is 6.87. The molecule has 1 aromatic rings. The van der Waals surface area contributed by atoms with Gasteiger partial charge in [-0.3, -0.25) is 4.18 Å². The zero-order valence-corrected chi connectivity index (χ0v) is 10.5. The summed E-state index contributed by atoms with van der Waals surface area (Å²) in [4.78, 5) is 11.4. The van der Waals surface area contributed by atoms with Crippen LogP contribution in [0.5, 0.6) is 5.75 Å². The molecule has 0 aromatic heterocycles. The predicted molar refractivity (Wildman–Crippen MR) is 61.8 cm³/mol. The van der Waals surface area contributed by atoms with Crippen molar-refractivity contribution in [2.45, 2.75) is 13.0 Å². The Labute approximate surface area is 105 Å². The van der Waals surface area contributed by atoms with Crippen LogP contribution < -0.4 is 4.74 Å². The average Bonchev–Trinajstić information content (AvgIpc) is 2.57. The zero-order chi connectivity index (χ0) is 13.2. The molecule has 98 valence electrons. The number of benzene rings is 1. The van der Waals surface area contributed by atoms with E-state index in [0.717, 1.165) is 5.56 Å². The SMILES string of the molecule is Cc1cccc(OC(=O)OC2COS(=O)(=O)C2)c1. The topological polar surface area (TPSA) is 78.9 Å². The number of rotatable bonds is 2. The maximum absolute atomic E-state index is 11.4. The number of hydrogen-bond donors (Lipinski definition) is 0. The summed E-state index contributed by atoms with van der Waals surface area (Å²) in [5.41, 5.74) is 0.937. The van der Waals surface area contributed by atoms with Gasteiger partial charge in [0, 0.05) is 0 Å². The molecule has 2 rings (SSSR count). The van der Waals surface area contributed by atoms with Crippen LogP contribution >= 0.6 is 0 Å². The van der Waals surface area contributed by atoms with Gasteiger partial charge in [0.2, 0.25) is 0 Å². The van der Waals surface area contributed by atoms with Gasteiger partial charge in [-0.15, -0.1) is 0 Å². The molecule has 1 aromatic carbocycles. The highest BCUT2D eigenvalue weighted by molar-refractivity contribution is 7.87. The maximum atomic E-state index is 11.4. The van der Waals surface area contributed by atoms with E-state index in [4.69, 9.17) is 9.47 Å². The third kappa shape index (κ3) is 3.44. The Kier molecular flexibility index (Phi) is 3.53. The molecule has 1 fully saturated rings. The molecule has 18 heavy (non-hydrogen) atoms. The molecule has 0 N–H and O–H groups in total. The number of carbonyl (C=O) groups is 1. The van der Waals surface area contributed by atoms with Crippen LogP contribution in [0.4, 0.5) is 4.79 Å². The molecule has 6 nitrogen and oxygen atoms in total. The van der Waals surface area contributed by atoms with Gasteiger partial charge in [0.1, 0.15) is 24.2 Å². The van der Waals surface area contributed by atoms with E-state index in [1.807, 2.05) is 13.0 Å². The Morgan fingerprint density at radius 3 is 2.83 bits per heavy atom. The Balaban J connectivity index is 1.90. The van der Waals surface area contributed by atoms with E-state index in [9.17, 15) is 13.2 Å². The monoisotopic (exact) mass is 272 g/mol. The van der Waals surface area contributed by atoms with Gasteiger partial charge in [0.25, 0.3) is 10.1 Å². The molecule has 1 unspecified atom stereocenters. The summed E-state index contributed by atoms with van der Waals surface area (Å²) >= 11 is 0. The van der Waals surface area contributed by atoms with Crippen molar-refractivity contribution in [3.63, 3.8) is 0 Å². The first kappa shape index (κ1) is 12.8. The van der Waals surface area contributed by atoms with Gasteiger partial charge in [-0.05, 0) is 24.6 Å². The summed E-state index contributed by atoms with van der Waals surface area (Å²) in [6.07, 6.45) is -1.75. The molecule has 7 heteroatoms. The van der Waals surface area contributed by atoms with Crippen LogP contribution in [0.2, 0.25) is 0 Å². The third-order valence-electron chi connectivity index (χ3n) is 2.28. The molecule has 1 aliphatic rings. The van der Waals surface area contributed by atoms with E-state index in [-0.39, 0.29) is 12.4 Å². The first-order valence-electron chi connectivity index (χ1n) is 5.27. The highest BCUT2D eigenvalue weighted by atomic mass is 32.2. The molecule has 0 aliphatic carbocycles. The fourth-order valence-corrected chi connectivity index (χ4v) is 2.58. The van der Waals surface area contributed by atoms with Crippen LogP contribution in [0.15, 0.2) is 24.3 Å². The molecular weight excluding hydrogens is 260 g/mol. The zero-order valence-electron chi connectivity index (χ0n) is 9.66. The number of ether oxygens (including phenoxy) is 2. The van der Waals surface area contributed by atoms with Gasteiger partial charge < -0.3 is 9.47 Å². The van der Waals surface area contributed by atoms with Gasteiger partial charge in [-0.2, -0.15) is 8.42 Å². The summed E-state index contributed by atoms with van der Waals surface area (Å²) in [7, 11) is -3.55. The Bertz CT molecular complexity index is 550. The van der Waals surface area contributed by atoms with E-state index in [1.54, 1.807) is 18.2 Å². The minimum absolute atomic E-state index is 0.161. The van der Waals surface area contributed by atoms with E-state index in [2.05, 4.69) is 4.18 Å². The van der Waals surface area contributed by atoms with E-state index >= 15 is 0 Å². The quantitative estimate of drug-likeness (QED) is 0.458. The van der Waals surface area contributed by atoms with Crippen molar-refractivity contribution < 1.29 is 26.9 Å². The van der Waals surface area contributed by atoms with Gasteiger partial charge in [0.05, 0.1) is 0 Å². The van der Waals surface area contributed by atoms with Crippen molar-refractivity contribution in [1.82, 2.24) is 0 Å². The van der Waals surface area contributed by atoms with Gasteiger partial charge >= 0.3 is 6.16 Å². The molecule has 1 saturated heterocycles. The van der Waals surface area contributed by atoms with Crippen LogP contribution in [0, 0.1) is 6.92 Å². The molecular formula is C11H12O6S. The van der Waals surface area contributed by atoms with Gasteiger partial charge in [-0.25, -0.2) is 4.79 Å². The Hall–Kier alpha value is -1.60. The number of carbonyl (C=O) groups excluding carboxylic acids is 1. The van der Waals surface area contributed by atoms with E-state index in [1.165, 1.54) is 0 Å². The minimum Gasteiger partial charge on any atom is -0.427 e. The van der Waals surface area contributed by atoms with E-state index < -0.39 is 22.4 Å². The van der Waals surface area contributed by atoms with Crippen molar-refractivity contribution in [2.24, 2.45) is 0 Å². The highest BCUT2D eigenvalue weighted by Crippen LogP contribution is 2.15. The molecule has 0 bridgehead atoms. The summed E-state index contributed by atoms with van der Waals surface area (Å²) in [6.45, 7) is 1.70. The van der Waals surface area contributed by atoms with Crippen molar-refractivity contribution in [2.75, 3.05) is 12.4 Å². The fraction of sp³-hybridized carbons (Fsp3) is 0.364. The maximum Gasteiger partial charge on any atom is 0.514 e. The third-order valence-corrected chi connectivity index (χ3v) is 3.55. The van der Waals surface area contributed by atoms with Crippen LogP contribution in [0.3, 0.4) is 0 Å². The minimum atomic E-state index is -3.55. The van der Waals surface area contributed by atoms with Crippen molar-refractivity contribution in [3.05, 3.63) is 29.8 Å². The lowest BCUT2D eigenvalue weighted by molar-refractivity contribution is 0.0573. The van der Waals surface area contributed by atoms with E-state index in [0.29, 0.717) is 5.75 Å². The van der Waals surface area contributed by atoms with Crippen LogP contribution in [0.25, 0.3) is 0 Å². The molecule has 0 spiro atoms. The summed E-state index contributed by atoms with van der Waals surface area (Å²) in [5.74, 6) is 0.0115. The van der Waals surface area contributed by atoms with Gasteiger partial charge in [0.15, 0.2) is 0 Å². The second kappa shape index (κ2) is 4.95. The lowest BCUT2D eigenvalue weighted by Crippen LogP contribution is -2.23. The standard InChI is InChI=1S/C11H12O6S/c1-8-3-2-4-9(5-8)16-11(12)17-10-6-15-18(13,14)7-10/h2-5,10H,6-7H2,1H3. The smallest absolute Gasteiger partial charge is 0.427 e. The number of aryl methyl sites for hydroxylation is 1. The predicted octanol–water partition coefficient (Wildman–Crippen LogP) is 1.24. The van der Waals surface area contributed by atoms with Crippen LogP contribution in [0.1, 0.15) is 5.56 Å². The first-order chi connectivity index (χ1) is 8.44. The lowest BCUT2D eigenvalue weighted by atomic mass is 10.2. The average molecular weight is 272 g/mol. The summed E-state index contributed by atoms with van der Waals surface area (Å²) in [5, 5.41) is 0. The van der Waals surface area contributed by atoms with Gasteiger partial charge in [-0.1, -0.05) is 12.1 Å². The Morgan fingerprint density at radius 1 is 1.44 bits per heavy atom. The van der Waals surface area contributed by atoms with Crippen molar-refractivity contribution >= 4 is 16.3 Å². The second-order valence-electron chi connectivity index (χ2n) is 3.92. The van der Waals surface area contributed by atoms with Crippen molar-refractivity contribution in [3.8, 4) is 5.75 Å². The molecule has 1 heterocycles. The van der Waals surface area contributed by atoms with Crippen LogP contribution in [-0.4, -0.2) is 33.0 Å². The normalized spacial score (nSPS) is 21.5. The molecule has 0 saturated carbocycles. The van der Waals surface area contributed by atoms with Crippen LogP contribution in [-0.2, 0) is 19.0 Å². The number of hydrogen-bond acceptors (Lipinski definition) is 6.